The number of halogens is 1. The van der Waals surface area contributed by atoms with Gasteiger partial charge in [0.1, 0.15) is 17.3 Å². The van der Waals surface area contributed by atoms with Gasteiger partial charge in [0.25, 0.3) is 0 Å². The zero-order valence-electron chi connectivity index (χ0n) is 12.7. The molecule has 0 radical (unpaired) electrons. The lowest BCUT2D eigenvalue weighted by Crippen LogP contribution is -2.06. The summed E-state index contributed by atoms with van der Waals surface area (Å²) < 4.78 is 20.5. The third kappa shape index (κ3) is 3.07. The molecule has 118 valence electrons. The van der Waals surface area contributed by atoms with E-state index in [4.69, 9.17) is 10.5 Å². The van der Waals surface area contributed by atoms with E-state index in [9.17, 15) is 4.39 Å². The van der Waals surface area contributed by atoms with E-state index in [1.807, 2.05) is 30.3 Å². The van der Waals surface area contributed by atoms with Gasteiger partial charge in [-0.05, 0) is 29.8 Å². The van der Waals surface area contributed by atoms with Crippen LogP contribution in [0.1, 0.15) is 11.3 Å². The van der Waals surface area contributed by atoms with E-state index in [0.29, 0.717) is 18.0 Å². The van der Waals surface area contributed by atoms with Gasteiger partial charge in [-0.2, -0.15) is 0 Å². The summed E-state index contributed by atoms with van der Waals surface area (Å²) in [7, 11) is 1.61. The van der Waals surface area contributed by atoms with Crippen LogP contribution in [0.25, 0.3) is 11.3 Å². The van der Waals surface area contributed by atoms with Crippen LogP contribution < -0.4 is 10.5 Å². The molecule has 0 aliphatic carbocycles. The Labute approximate surface area is 133 Å². The van der Waals surface area contributed by atoms with Crippen molar-refractivity contribution in [3.05, 3.63) is 65.6 Å². The van der Waals surface area contributed by atoms with Crippen molar-refractivity contribution >= 4 is 0 Å². The van der Waals surface area contributed by atoms with Gasteiger partial charge in [0.05, 0.1) is 19.3 Å². The molecule has 1 aromatic heterocycles. The first-order valence-electron chi connectivity index (χ1n) is 7.23. The summed E-state index contributed by atoms with van der Waals surface area (Å²) in [4.78, 5) is 0. The van der Waals surface area contributed by atoms with Crippen LogP contribution in [0.15, 0.2) is 48.5 Å². The molecule has 0 saturated heterocycles. The summed E-state index contributed by atoms with van der Waals surface area (Å²) in [5, 5.41) is 8.32. The summed E-state index contributed by atoms with van der Waals surface area (Å²) in [6.45, 7) is 0.661. The van der Waals surface area contributed by atoms with Crippen LogP contribution in [-0.4, -0.2) is 22.1 Å². The number of rotatable bonds is 5. The quantitative estimate of drug-likeness (QED) is 0.786. The van der Waals surface area contributed by atoms with E-state index >= 15 is 0 Å². The Kier molecular flexibility index (Phi) is 4.34. The van der Waals surface area contributed by atoms with Crippen LogP contribution in [0.4, 0.5) is 4.39 Å². The Bertz CT molecular complexity index is 816. The van der Waals surface area contributed by atoms with Crippen molar-refractivity contribution in [2.45, 2.75) is 13.1 Å². The molecular weight excluding hydrogens is 295 g/mol. The average Bonchev–Trinajstić information content (AvgIpc) is 2.97. The molecule has 0 fully saturated rings. The number of nitrogens with two attached hydrogens (primary N) is 1. The van der Waals surface area contributed by atoms with Crippen LogP contribution in [0.5, 0.6) is 5.75 Å². The van der Waals surface area contributed by atoms with Gasteiger partial charge in [-0.3, -0.25) is 0 Å². The number of methoxy groups -OCH3 is 1. The van der Waals surface area contributed by atoms with Crippen LogP contribution in [0.3, 0.4) is 0 Å². The number of ether oxygens (including phenoxy) is 1. The van der Waals surface area contributed by atoms with Gasteiger partial charge in [0, 0.05) is 12.1 Å². The van der Waals surface area contributed by atoms with E-state index in [2.05, 4.69) is 10.3 Å². The molecule has 0 unspecified atom stereocenters. The van der Waals surface area contributed by atoms with Crippen molar-refractivity contribution in [2.24, 2.45) is 5.73 Å². The maximum atomic E-state index is 13.4. The Morgan fingerprint density at radius 1 is 1.17 bits per heavy atom. The highest BCUT2D eigenvalue weighted by molar-refractivity contribution is 5.69. The molecule has 1 heterocycles. The van der Waals surface area contributed by atoms with Crippen LogP contribution in [0, 0.1) is 5.82 Å². The maximum Gasteiger partial charge on any atom is 0.128 e. The van der Waals surface area contributed by atoms with Gasteiger partial charge in [0.15, 0.2) is 0 Å². The highest BCUT2D eigenvalue weighted by atomic mass is 19.1. The Balaban J connectivity index is 2.07. The van der Waals surface area contributed by atoms with E-state index in [1.165, 1.54) is 12.1 Å². The zero-order valence-corrected chi connectivity index (χ0v) is 12.7. The van der Waals surface area contributed by atoms with Gasteiger partial charge in [-0.1, -0.05) is 29.5 Å². The Morgan fingerprint density at radius 3 is 2.74 bits per heavy atom. The highest BCUT2D eigenvalue weighted by Gasteiger charge is 2.17. The molecule has 0 saturated carbocycles. The van der Waals surface area contributed by atoms with Gasteiger partial charge in [0.2, 0.25) is 0 Å². The molecule has 0 spiro atoms. The number of para-hydroxylation sites is 1. The SMILES string of the molecule is COc1ccccc1-c1c(CN)nnn1Cc1cccc(F)c1. The summed E-state index contributed by atoms with van der Waals surface area (Å²) in [5.41, 5.74) is 8.91. The Morgan fingerprint density at radius 2 is 2.00 bits per heavy atom. The molecule has 2 N–H and O–H groups in total. The lowest BCUT2D eigenvalue weighted by Gasteiger charge is -2.11. The molecule has 0 amide bonds. The second kappa shape index (κ2) is 6.58. The van der Waals surface area contributed by atoms with Crippen LogP contribution in [-0.2, 0) is 13.1 Å². The third-order valence-corrected chi connectivity index (χ3v) is 3.58. The van der Waals surface area contributed by atoms with Crippen LogP contribution >= 0.6 is 0 Å². The van der Waals surface area contributed by atoms with E-state index < -0.39 is 0 Å². The van der Waals surface area contributed by atoms with Gasteiger partial charge >= 0.3 is 0 Å². The molecule has 0 aliphatic heterocycles. The summed E-state index contributed by atoms with van der Waals surface area (Å²) in [5.74, 6) is 0.436. The van der Waals surface area contributed by atoms with Crippen LogP contribution in [0.2, 0.25) is 0 Å². The van der Waals surface area contributed by atoms with E-state index in [-0.39, 0.29) is 12.4 Å². The number of nitrogens with zero attached hydrogens (tertiary/aromatic N) is 3. The van der Waals surface area contributed by atoms with Gasteiger partial charge in [-0.15, -0.1) is 5.10 Å². The predicted octanol–water partition coefficient (Wildman–Crippen LogP) is 2.60. The zero-order chi connectivity index (χ0) is 16.2. The topological polar surface area (TPSA) is 66.0 Å². The largest absolute Gasteiger partial charge is 0.496 e. The minimum Gasteiger partial charge on any atom is -0.496 e. The molecule has 5 nitrogen and oxygen atoms in total. The lowest BCUT2D eigenvalue weighted by molar-refractivity contribution is 0.416. The van der Waals surface area contributed by atoms with Crippen molar-refractivity contribution in [2.75, 3.05) is 7.11 Å². The average molecular weight is 312 g/mol. The standard InChI is InChI=1S/C17H17FN4O/c1-23-16-8-3-2-7-14(16)17-15(10-19)20-21-22(17)11-12-5-4-6-13(18)9-12/h2-9H,10-11,19H2,1H3. The second-order valence-corrected chi connectivity index (χ2v) is 5.08. The molecule has 0 atom stereocenters. The molecule has 23 heavy (non-hydrogen) atoms. The third-order valence-electron chi connectivity index (χ3n) is 3.58. The number of hydrogen-bond donors (Lipinski definition) is 1. The minimum absolute atomic E-state index is 0.260. The fraction of sp³-hybridized carbons (Fsp3) is 0.176. The fourth-order valence-corrected chi connectivity index (χ4v) is 2.54. The normalized spacial score (nSPS) is 10.7. The molecule has 0 aliphatic rings. The first kappa shape index (κ1) is 15.2. The van der Waals surface area contributed by atoms with Crippen molar-refractivity contribution in [3.8, 4) is 17.0 Å². The van der Waals surface area contributed by atoms with Crippen molar-refractivity contribution in [1.29, 1.82) is 0 Å². The summed E-state index contributed by atoms with van der Waals surface area (Å²) in [6, 6.07) is 14.0. The monoisotopic (exact) mass is 312 g/mol. The number of aromatic nitrogens is 3. The summed E-state index contributed by atoms with van der Waals surface area (Å²) >= 11 is 0. The maximum absolute atomic E-state index is 13.4. The predicted molar refractivity (Wildman–Crippen MR) is 85.4 cm³/mol. The minimum atomic E-state index is -0.277. The number of benzene rings is 2. The molecular formula is C17H17FN4O. The smallest absolute Gasteiger partial charge is 0.128 e. The summed E-state index contributed by atoms with van der Waals surface area (Å²) in [6.07, 6.45) is 0. The molecule has 2 aromatic carbocycles. The van der Waals surface area contributed by atoms with Crippen molar-refractivity contribution in [3.63, 3.8) is 0 Å². The van der Waals surface area contributed by atoms with Gasteiger partial charge < -0.3 is 10.5 Å². The lowest BCUT2D eigenvalue weighted by atomic mass is 10.1. The second-order valence-electron chi connectivity index (χ2n) is 5.08. The molecule has 0 bridgehead atoms. The van der Waals surface area contributed by atoms with Crippen molar-refractivity contribution < 1.29 is 9.13 Å². The van der Waals surface area contributed by atoms with Gasteiger partial charge in [-0.25, -0.2) is 9.07 Å². The first-order chi connectivity index (χ1) is 11.2. The molecule has 3 rings (SSSR count). The molecule has 6 heteroatoms. The van der Waals surface area contributed by atoms with Crippen molar-refractivity contribution in [1.82, 2.24) is 15.0 Å². The highest BCUT2D eigenvalue weighted by Crippen LogP contribution is 2.31. The van der Waals surface area contributed by atoms with E-state index in [0.717, 1.165) is 16.8 Å². The molecule has 3 aromatic rings. The fourth-order valence-electron chi connectivity index (χ4n) is 2.54. The van der Waals surface area contributed by atoms with E-state index in [1.54, 1.807) is 17.9 Å². The Hall–Kier alpha value is -2.73. The first-order valence-corrected chi connectivity index (χ1v) is 7.23. The number of hydrogen-bond acceptors (Lipinski definition) is 4.